The van der Waals surface area contributed by atoms with Gasteiger partial charge in [-0.15, -0.1) is 0 Å². The number of rotatable bonds is 12. The van der Waals surface area contributed by atoms with Gasteiger partial charge in [0.25, 0.3) is 0 Å². The van der Waals surface area contributed by atoms with Gasteiger partial charge in [-0.2, -0.15) is 0 Å². The molecule has 0 aliphatic heterocycles. The van der Waals surface area contributed by atoms with E-state index in [1.165, 1.54) is 98.3 Å². The molecule has 0 radical (unpaired) electrons. The highest BCUT2D eigenvalue weighted by atomic mass is 15.2. The van der Waals surface area contributed by atoms with Gasteiger partial charge in [-0.05, 0) is 160 Å². The van der Waals surface area contributed by atoms with Crippen molar-refractivity contribution < 1.29 is 0 Å². The number of hydrogen-bond donors (Lipinski definition) is 0. The normalized spacial score (nSPS) is 11.7. The molecule has 84 heavy (non-hydrogen) atoms. The summed E-state index contributed by atoms with van der Waals surface area (Å²) in [6.45, 7) is 0. The van der Waals surface area contributed by atoms with Crippen LogP contribution in [0.1, 0.15) is 22.3 Å². The summed E-state index contributed by atoms with van der Waals surface area (Å²) in [5.74, 6) is 0. The zero-order chi connectivity index (χ0) is 55.8. The number of nitrogens with zero attached hydrogens (tertiary/aromatic N) is 2. The monoisotopic (exact) mass is 1070 g/mol. The maximum Gasteiger partial charge on any atom is 0.0618 e. The van der Waals surface area contributed by atoms with Crippen molar-refractivity contribution in [3.05, 3.63) is 338 Å². The molecule has 394 valence electrons. The van der Waals surface area contributed by atoms with Crippen molar-refractivity contribution in [2.45, 2.75) is 0 Å². The lowest BCUT2D eigenvalue weighted by Crippen LogP contribution is -2.11. The van der Waals surface area contributed by atoms with E-state index in [0.29, 0.717) is 0 Å². The molecule has 0 amide bonds. The number of benzene rings is 15. The highest BCUT2D eigenvalue weighted by molar-refractivity contribution is 6.23. The lowest BCUT2D eigenvalue weighted by molar-refractivity contribution is 1.31. The topological polar surface area (TPSA) is 6.48 Å². The molecule has 0 bridgehead atoms. The van der Waals surface area contributed by atoms with E-state index in [9.17, 15) is 0 Å². The molecule has 15 rings (SSSR count). The summed E-state index contributed by atoms with van der Waals surface area (Å²) in [7, 11) is 0. The minimum Gasteiger partial charge on any atom is -0.309 e. The van der Waals surface area contributed by atoms with Crippen LogP contribution in [0.3, 0.4) is 0 Å². The molecule has 15 aromatic carbocycles. The number of para-hydroxylation sites is 2. The molecule has 0 aliphatic rings. The molecule has 0 unspecified atom stereocenters. The van der Waals surface area contributed by atoms with Crippen molar-refractivity contribution >= 4 is 123 Å². The second-order valence-electron chi connectivity index (χ2n) is 21.6. The van der Waals surface area contributed by atoms with Gasteiger partial charge in [0, 0.05) is 44.3 Å². The Balaban J connectivity index is 0.810. The second kappa shape index (κ2) is 21.8. The van der Waals surface area contributed by atoms with E-state index in [1.807, 2.05) is 0 Å². The summed E-state index contributed by atoms with van der Waals surface area (Å²) in [6.07, 6.45) is 9.00. The van der Waals surface area contributed by atoms with E-state index >= 15 is 0 Å². The summed E-state index contributed by atoms with van der Waals surface area (Å²) < 4.78 is 0. The van der Waals surface area contributed by atoms with Gasteiger partial charge in [0.2, 0.25) is 0 Å². The zero-order valence-electron chi connectivity index (χ0n) is 46.2. The standard InChI is InChI=1S/C82H56N2/c1-5-21-61(22-6-1)79-75-51-45-59(39-37-57-41-47-69(48-42-57)83(67-29-9-3-10-30-67)81-71-33-17-13-25-63(71)55-64-26-14-18-34-72(64)81)53-77(75)78-54-60(46-52-76(78)80(79)62-23-7-2-8-24-62)40-38-58-43-49-70(50-44-58)84(68-31-11-4-12-32-68)82-73-35-19-15-27-65(73)56-66-28-16-20-36-74(66)82/h1-56H/b39-37+,40-38+. The van der Waals surface area contributed by atoms with Crippen molar-refractivity contribution in [2.24, 2.45) is 0 Å². The molecule has 0 heterocycles. The van der Waals surface area contributed by atoms with Crippen molar-refractivity contribution in [3.63, 3.8) is 0 Å². The Morgan fingerprint density at radius 2 is 0.464 bits per heavy atom. The first kappa shape index (κ1) is 49.9. The summed E-state index contributed by atoms with van der Waals surface area (Å²) in [5.41, 5.74) is 16.2. The third-order valence-corrected chi connectivity index (χ3v) is 16.5. The van der Waals surface area contributed by atoms with Crippen LogP contribution in [0.15, 0.2) is 315 Å². The van der Waals surface area contributed by atoms with E-state index in [4.69, 9.17) is 0 Å². The van der Waals surface area contributed by atoms with Gasteiger partial charge >= 0.3 is 0 Å². The molecule has 0 atom stereocenters. The highest BCUT2D eigenvalue weighted by Crippen LogP contribution is 2.48. The van der Waals surface area contributed by atoms with Crippen LogP contribution in [-0.2, 0) is 0 Å². The van der Waals surface area contributed by atoms with E-state index < -0.39 is 0 Å². The molecular formula is C82H56N2. The van der Waals surface area contributed by atoms with Crippen molar-refractivity contribution in [3.8, 4) is 22.3 Å². The summed E-state index contributed by atoms with van der Waals surface area (Å²) in [5, 5.41) is 14.6. The van der Waals surface area contributed by atoms with Crippen LogP contribution in [0, 0.1) is 0 Å². The highest BCUT2D eigenvalue weighted by Gasteiger charge is 2.22. The van der Waals surface area contributed by atoms with Gasteiger partial charge in [-0.25, -0.2) is 0 Å². The molecule has 0 N–H and O–H groups in total. The van der Waals surface area contributed by atoms with Gasteiger partial charge in [0.05, 0.1) is 11.4 Å². The van der Waals surface area contributed by atoms with Crippen LogP contribution < -0.4 is 9.80 Å². The van der Waals surface area contributed by atoms with Crippen molar-refractivity contribution in [1.82, 2.24) is 0 Å². The largest absolute Gasteiger partial charge is 0.309 e. The predicted octanol–water partition coefficient (Wildman–Crippen LogP) is 23.2. The van der Waals surface area contributed by atoms with E-state index in [0.717, 1.165) is 45.0 Å². The van der Waals surface area contributed by atoms with Gasteiger partial charge in [-0.1, -0.05) is 267 Å². The molecule has 2 heteroatoms. The number of anilines is 6. The lowest BCUT2D eigenvalue weighted by atomic mass is 9.84. The Kier molecular flexibility index (Phi) is 12.9. The van der Waals surface area contributed by atoms with Crippen LogP contribution in [0.25, 0.3) is 111 Å². The van der Waals surface area contributed by atoms with Gasteiger partial charge in [0.1, 0.15) is 0 Å². The first-order valence-electron chi connectivity index (χ1n) is 28.9. The third kappa shape index (κ3) is 9.32. The quantitative estimate of drug-likeness (QED) is 0.0683. The first-order valence-corrected chi connectivity index (χ1v) is 28.9. The number of fused-ring (bicyclic) bond motifs is 7. The van der Waals surface area contributed by atoms with E-state index in [-0.39, 0.29) is 0 Å². The number of hydrogen-bond acceptors (Lipinski definition) is 2. The zero-order valence-corrected chi connectivity index (χ0v) is 46.2. The predicted molar refractivity (Wildman–Crippen MR) is 362 cm³/mol. The molecule has 0 saturated heterocycles. The molecule has 15 aromatic rings. The maximum absolute atomic E-state index is 2.41. The summed E-state index contributed by atoms with van der Waals surface area (Å²) >= 11 is 0. The summed E-state index contributed by atoms with van der Waals surface area (Å²) in [6, 6.07) is 115. The fourth-order valence-corrected chi connectivity index (χ4v) is 12.6. The summed E-state index contributed by atoms with van der Waals surface area (Å²) in [4.78, 5) is 4.82. The average molecular weight is 1070 g/mol. The minimum atomic E-state index is 1.10. The Morgan fingerprint density at radius 3 is 0.810 bits per heavy atom. The van der Waals surface area contributed by atoms with E-state index in [2.05, 4.69) is 350 Å². The molecule has 0 fully saturated rings. The Morgan fingerprint density at radius 1 is 0.190 bits per heavy atom. The van der Waals surface area contributed by atoms with Crippen molar-refractivity contribution in [1.29, 1.82) is 0 Å². The second-order valence-corrected chi connectivity index (χ2v) is 21.6. The van der Waals surface area contributed by atoms with Crippen molar-refractivity contribution in [2.75, 3.05) is 9.80 Å². The molecule has 0 spiro atoms. The van der Waals surface area contributed by atoms with Crippen LogP contribution in [-0.4, -0.2) is 0 Å². The fraction of sp³-hybridized carbons (Fsp3) is 0. The van der Waals surface area contributed by atoms with E-state index in [1.54, 1.807) is 0 Å². The molecule has 2 nitrogen and oxygen atoms in total. The fourth-order valence-electron chi connectivity index (χ4n) is 12.6. The van der Waals surface area contributed by atoms with Crippen LogP contribution >= 0.6 is 0 Å². The van der Waals surface area contributed by atoms with Gasteiger partial charge in [0.15, 0.2) is 0 Å². The van der Waals surface area contributed by atoms with Crippen LogP contribution in [0.2, 0.25) is 0 Å². The minimum absolute atomic E-state index is 1.10. The maximum atomic E-state index is 2.41. The molecular weight excluding hydrogens is 1010 g/mol. The molecule has 0 aliphatic carbocycles. The average Bonchev–Trinajstić information content (AvgIpc) is 3.34. The van der Waals surface area contributed by atoms with Gasteiger partial charge < -0.3 is 9.80 Å². The Hall–Kier alpha value is -11.1. The lowest BCUT2D eigenvalue weighted by Gasteiger charge is -2.28. The van der Waals surface area contributed by atoms with Crippen LogP contribution in [0.5, 0.6) is 0 Å². The Labute approximate surface area is 490 Å². The molecule has 0 aromatic heterocycles. The van der Waals surface area contributed by atoms with Gasteiger partial charge in [-0.3, -0.25) is 0 Å². The molecule has 0 saturated carbocycles. The van der Waals surface area contributed by atoms with Crippen LogP contribution in [0.4, 0.5) is 34.1 Å². The first-order chi connectivity index (χ1) is 41.7. The SMILES string of the molecule is C(=C\c1ccc2c(-c3ccccc3)c(-c3ccccc3)c3ccc(/C=C/c4ccc(N(c5ccccc5)c5c6ccccc6cc6ccccc56)cc4)cc3c2c1)/c1ccc(N(c2ccccc2)c2c3ccccc3cc3ccccc23)cc1. The third-order valence-electron chi connectivity index (χ3n) is 16.5. The Bertz CT molecular complexity index is 4550. The smallest absolute Gasteiger partial charge is 0.0618 e.